The molecule has 1 unspecified atom stereocenters. The Hall–Kier alpha value is -1.79. The van der Waals surface area contributed by atoms with Gasteiger partial charge in [-0.1, -0.05) is 12.1 Å². The second-order valence-corrected chi connectivity index (χ2v) is 6.19. The van der Waals surface area contributed by atoms with Crippen LogP contribution in [0.15, 0.2) is 29.3 Å². The molecule has 1 fully saturated rings. The molecule has 6 nitrogen and oxygen atoms in total. The van der Waals surface area contributed by atoms with Crippen LogP contribution in [0.2, 0.25) is 0 Å². The number of benzene rings is 1. The van der Waals surface area contributed by atoms with Crippen molar-refractivity contribution < 1.29 is 14.2 Å². The third-order valence-corrected chi connectivity index (χ3v) is 4.28. The van der Waals surface area contributed by atoms with Crippen molar-refractivity contribution in [2.75, 3.05) is 53.7 Å². The molecule has 1 aliphatic heterocycles. The van der Waals surface area contributed by atoms with Gasteiger partial charge >= 0.3 is 0 Å². The molecule has 6 heteroatoms. The first-order valence-corrected chi connectivity index (χ1v) is 8.99. The largest absolute Gasteiger partial charge is 0.497 e. The molecule has 1 aliphatic rings. The van der Waals surface area contributed by atoms with E-state index in [9.17, 15) is 0 Å². The first kappa shape index (κ1) is 19.5. The van der Waals surface area contributed by atoms with Crippen LogP contribution in [0.1, 0.15) is 18.9 Å². The molecule has 1 heterocycles. The summed E-state index contributed by atoms with van der Waals surface area (Å²) in [5.41, 5.74) is 1.18. The van der Waals surface area contributed by atoms with Gasteiger partial charge in [-0.2, -0.15) is 0 Å². The molecule has 1 atom stereocenters. The van der Waals surface area contributed by atoms with Gasteiger partial charge in [0.2, 0.25) is 0 Å². The van der Waals surface area contributed by atoms with E-state index in [-0.39, 0.29) is 0 Å². The minimum Gasteiger partial charge on any atom is -0.497 e. The molecule has 1 N–H and O–H groups in total. The predicted octanol–water partition coefficient (Wildman–Crippen LogP) is 2.15. The van der Waals surface area contributed by atoms with Crippen LogP contribution in [0.3, 0.4) is 0 Å². The molecule has 2 rings (SSSR count). The maximum absolute atomic E-state index is 5.67. The molecule has 1 saturated heterocycles. The molecular weight excluding hydrogens is 318 g/mol. The Morgan fingerprint density at radius 1 is 1.24 bits per heavy atom. The Balaban J connectivity index is 1.86. The highest BCUT2D eigenvalue weighted by Gasteiger charge is 2.24. The molecule has 0 amide bonds. The number of hydrogen-bond donors (Lipinski definition) is 1. The van der Waals surface area contributed by atoms with Crippen LogP contribution in [0.5, 0.6) is 5.75 Å². The summed E-state index contributed by atoms with van der Waals surface area (Å²) in [5, 5.41) is 3.40. The lowest BCUT2D eigenvalue weighted by molar-refractivity contribution is 0.0536. The highest BCUT2D eigenvalue weighted by Crippen LogP contribution is 2.17. The summed E-state index contributed by atoms with van der Waals surface area (Å²) in [6.07, 6.45) is 1.14. The molecule has 1 aromatic carbocycles. The van der Waals surface area contributed by atoms with Crippen molar-refractivity contribution in [3.05, 3.63) is 29.8 Å². The lowest BCUT2D eigenvalue weighted by atomic mass is 10.1. The van der Waals surface area contributed by atoms with E-state index < -0.39 is 0 Å². The number of likely N-dealkylation sites (tertiary alicyclic amines) is 1. The van der Waals surface area contributed by atoms with E-state index in [1.807, 2.05) is 12.1 Å². The van der Waals surface area contributed by atoms with Crippen LogP contribution in [-0.2, 0) is 16.0 Å². The number of aliphatic imine (C=N–C) groups is 1. The molecule has 0 spiro atoms. The quantitative estimate of drug-likeness (QED) is 0.421. The zero-order chi connectivity index (χ0) is 17.9. The van der Waals surface area contributed by atoms with Crippen LogP contribution < -0.4 is 10.1 Å². The summed E-state index contributed by atoms with van der Waals surface area (Å²) in [4.78, 5) is 7.13. The summed E-state index contributed by atoms with van der Waals surface area (Å²) in [6, 6.07) is 8.06. The van der Waals surface area contributed by atoms with Crippen molar-refractivity contribution in [1.82, 2.24) is 10.2 Å². The molecule has 0 aromatic heterocycles. The van der Waals surface area contributed by atoms with E-state index in [1.165, 1.54) is 5.56 Å². The average molecular weight is 349 g/mol. The van der Waals surface area contributed by atoms with Crippen molar-refractivity contribution in [2.24, 2.45) is 10.9 Å². The van der Waals surface area contributed by atoms with Crippen molar-refractivity contribution in [1.29, 1.82) is 0 Å². The van der Waals surface area contributed by atoms with Crippen LogP contribution in [-0.4, -0.2) is 64.5 Å². The fraction of sp³-hybridized carbons (Fsp3) is 0.632. The van der Waals surface area contributed by atoms with Crippen molar-refractivity contribution in [3.8, 4) is 5.75 Å². The first-order chi connectivity index (χ1) is 12.3. The highest BCUT2D eigenvalue weighted by molar-refractivity contribution is 5.80. The molecule has 1 aromatic rings. The zero-order valence-electron chi connectivity index (χ0n) is 15.7. The summed E-state index contributed by atoms with van der Waals surface area (Å²) < 4.78 is 15.9. The number of guanidine groups is 1. The van der Waals surface area contributed by atoms with E-state index in [2.05, 4.69) is 29.3 Å². The molecule has 0 aliphatic carbocycles. The normalized spacial score (nSPS) is 17.8. The van der Waals surface area contributed by atoms with Crippen LogP contribution >= 0.6 is 0 Å². The standard InChI is InChI=1S/C19H31N3O3/c1-4-20-19(21-13-16-5-7-18(24-3)8-6-16)22-10-9-17(14-22)15-25-12-11-23-2/h5-8,17H,4,9-15H2,1-3H3,(H,20,21). The number of nitrogens with zero attached hydrogens (tertiary/aromatic N) is 2. The smallest absolute Gasteiger partial charge is 0.194 e. The number of hydrogen-bond acceptors (Lipinski definition) is 4. The lowest BCUT2D eigenvalue weighted by Gasteiger charge is -2.21. The topological polar surface area (TPSA) is 55.3 Å². The first-order valence-electron chi connectivity index (χ1n) is 8.99. The van der Waals surface area contributed by atoms with Gasteiger partial charge in [0, 0.05) is 32.7 Å². The van der Waals surface area contributed by atoms with Gasteiger partial charge in [0.15, 0.2) is 5.96 Å². The second kappa shape index (κ2) is 10.9. The molecule has 0 saturated carbocycles. The minimum absolute atomic E-state index is 0.557. The monoisotopic (exact) mass is 349 g/mol. The Kier molecular flexibility index (Phi) is 8.55. The van der Waals surface area contributed by atoms with Crippen LogP contribution in [0.25, 0.3) is 0 Å². The third kappa shape index (κ3) is 6.55. The number of rotatable bonds is 9. The molecule has 25 heavy (non-hydrogen) atoms. The summed E-state index contributed by atoms with van der Waals surface area (Å²) in [5.74, 6) is 2.41. The van der Waals surface area contributed by atoms with E-state index in [0.29, 0.717) is 25.7 Å². The van der Waals surface area contributed by atoms with Gasteiger partial charge in [0.1, 0.15) is 5.75 Å². The Labute approximate surface area is 151 Å². The molecular formula is C19H31N3O3. The van der Waals surface area contributed by atoms with Gasteiger partial charge in [-0.3, -0.25) is 0 Å². The maximum atomic E-state index is 5.67. The van der Waals surface area contributed by atoms with Gasteiger partial charge in [0.05, 0.1) is 33.5 Å². The molecule has 140 valence electrons. The van der Waals surface area contributed by atoms with Gasteiger partial charge < -0.3 is 24.4 Å². The van der Waals surface area contributed by atoms with Crippen molar-refractivity contribution in [2.45, 2.75) is 19.9 Å². The lowest BCUT2D eigenvalue weighted by Crippen LogP contribution is -2.40. The number of ether oxygens (including phenoxy) is 3. The van der Waals surface area contributed by atoms with E-state index in [4.69, 9.17) is 19.2 Å². The summed E-state index contributed by atoms with van der Waals surface area (Å²) in [7, 11) is 3.38. The predicted molar refractivity (Wildman–Crippen MR) is 100 cm³/mol. The fourth-order valence-electron chi connectivity index (χ4n) is 2.88. The second-order valence-electron chi connectivity index (χ2n) is 6.19. The van der Waals surface area contributed by atoms with Crippen molar-refractivity contribution >= 4 is 5.96 Å². The van der Waals surface area contributed by atoms with Crippen LogP contribution in [0.4, 0.5) is 0 Å². The van der Waals surface area contributed by atoms with E-state index >= 15 is 0 Å². The number of nitrogens with one attached hydrogen (secondary N) is 1. The fourth-order valence-corrected chi connectivity index (χ4v) is 2.88. The SMILES string of the molecule is CCNC(=NCc1ccc(OC)cc1)N1CCC(COCCOC)C1. The van der Waals surface area contributed by atoms with E-state index in [0.717, 1.165) is 44.4 Å². The van der Waals surface area contributed by atoms with Gasteiger partial charge in [-0.15, -0.1) is 0 Å². The maximum Gasteiger partial charge on any atom is 0.194 e. The Morgan fingerprint density at radius 2 is 2.04 bits per heavy atom. The van der Waals surface area contributed by atoms with Gasteiger partial charge in [-0.25, -0.2) is 4.99 Å². The van der Waals surface area contributed by atoms with E-state index in [1.54, 1.807) is 14.2 Å². The zero-order valence-corrected chi connectivity index (χ0v) is 15.7. The molecule has 0 bridgehead atoms. The Bertz CT molecular complexity index is 519. The van der Waals surface area contributed by atoms with Crippen molar-refractivity contribution in [3.63, 3.8) is 0 Å². The molecule has 0 radical (unpaired) electrons. The van der Waals surface area contributed by atoms with Crippen LogP contribution in [0, 0.1) is 5.92 Å². The Morgan fingerprint density at radius 3 is 2.72 bits per heavy atom. The summed E-state index contributed by atoms with van der Waals surface area (Å²) in [6.45, 7) is 7.75. The average Bonchev–Trinajstić information content (AvgIpc) is 3.11. The summed E-state index contributed by atoms with van der Waals surface area (Å²) >= 11 is 0. The highest BCUT2D eigenvalue weighted by atomic mass is 16.5. The minimum atomic E-state index is 0.557. The number of methoxy groups -OCH3 is 2. The van der Waals surface area contributed by atoms with Gasteiger partial charge in [-0.05, 0) is 31.0 Å². The third-order valence-electron chi connectivity index (χ3n) is 4.28. The van der Waals surface area contributed by atoms with Gasteiger partial charge in [0.25, 0.3) is 0 Å².